The van der Waals surface area contributed by atoms with Gasteiger partial charge in [0, 0.05) is 45.5 Å². The fourth-order valence-corrected chi connectivity index (χ4v) is 4.54. The average molecular weight is 441 g/mol. The maximum Gasteiger partial charge on any atom is 0.260 e. The SMILES string of the molecule is CC1=NN(c2ccccc2)C(=O)C1(C)C(c1ccc(N(C)C)cc1)c1ccc(N(C)C)cc1. The first-order valence-electron chi connectivity index (χ1n) is 11.2. The fourth-order valence-electron chi connectivity index (χ4n) is 4.54. The van der Waals surface area contributed by atoms with Crippen LogP contribution in [-0.2, 0) is 4.79 Å². The van der Waals surface area contributed by atoms with E-state index in [1.165, 1.54) is 0 Å². The molecule has 3 aromatic rings. The van der Waals surface area contributed by atoms with Crippen LogP contribution in [0.25, 0.3) is 0 Å². The predicted octanol–water partition coefficient (Wildman–Crippen LogP) is 5.38. The summed E-state index contributed by atoms with van der Waals surface area (Å²) in [5.74, 6) is -0.181. The molecule has 5 nitrogen and oxygen atoms in total. The van der Waals surface area contributed by atoms with Crippen LogP contribution < -0.4 is 14.8 Å². The minimum atomic E-state index is -0.810. The van der Waals surface area contributed by atoms with Crippen LogP contribution in [0.2, 0.25) is 0 Å². The zero-order valence-electron chi connectivity index (χ0n) is 20.3. The maximum atomic E-state index is 14.0. The summed E-state index contributed by atoms with van der Waals surface area (Å²) in [7, 11) is 8.12. The van der Waals surface area contributed by atoms with Crippen LogP contribution in [0.3, 0.4) is 0 Å². The second-order valence-corrected chi connectivity index (χ2v) is 9.25. The molecule has 1 heterocycles. The smallest absolute Gasteiger partial charge is 0.260 e. The molecular formula is C28H32N4O. The lowest BCUT2D eigenvalue weighted by Crippen LogP contribution is -2.42. The number of carbonyl (C=O) groups excluding carboxylic acids is 1. The molecule has 0 radical (unpaired) electrons. The van der Waals surface area contributed by atoms with Gasteiger partial charge in [0.1, 0.15) is 0 Å². The molecule has 1 aliphatic rings. The molecule has 1 atom stereocenters. The van der Waals surface area contributed by atoms with E-state index in [1.807, 2.05) is 72.4 Å². The standard InChI is InChI=1S/C28H32N4O/c1-20-28(2,27(33)32(29-20)25-10-8-7-9-11-25)26(21-12-16-23(17-13-21)30(3)4)22-14-18-24(19-15-22)31(5)6/h7-19,26H,1-6H3. The summed E-state index contributed by atoms with van der Waals surface area (Å²) in [6.45, 7) is 4.00. The number of amides is 1. The molecule has 1 amide bonds. The first kappa shape index (κ1) is 22.6. The van der Waals surface area contributed by atoms with Crippen molar-refractivity contribution in [2.24, 2.45) is 10.5 Å². The lowest BCUT2D eigenvalue weighted by molar-refractivity contribution is -0.123. The van der Waals surface area contributed by atoms with E-state index in [2.05, 4.69) is 58.3 Å². The Balaban J connectivity index is 1.83. The van der Waals surface area contributed by atoms with Crippen LogP contribution >= 0.6 is 0 Å². The zero-order valence-corrected chi connectivity index (χ0v) is 20.3. The Bertz CT molecular complexity index is 1100. The van der Waals surface area contributed by atoms with Gasteiger partial charge < -0.3 is 9.80 Å². The van der Waals surface area contributed by atoms with Crippen LogP contribution in [0, 0.1) is 5.41 Å². The van der Waals surface area contributed by atoms with Gasteiger partial charge in [-0.2, -0.15) is 10.1 Å². The zero-order chi connectivity index (χ0) is 23.8. The van der Waals surface area contributed by atoms with Crippen molar-refractivity contribution >= 4 is 28.7 Å². The van der Waals surface area contributed by atoms with Crippen LogP contribution in [-0.4, -0.2) is 39.8 Å². The molecule has 1 aliphatic heterocycles. The minimum absolute atomic E-state index is 0.00966. The molecule has 5 heteroatoms. The second-order valence-electron chi connectivity index (χ2n) is 9.25. The van der Waals surface area contributed by atoms with Crippen molar-refractivity contribution in [2.75, 3.05) is 43.0 Å². The molecular weight excluding hydrogens is 408 g/mol. The van der Waals surface area contributed by atoms with Crippen molar-refractivity contribution in [1.29, 1.82) is 0 Å². The van der Waals surface area contributed by atoms with E-state index in [4.69, 9.17) is 5.10 Å². The molecule has 3 aromatic carbocycles. The van der Waals surface area contributed by atoms with E-state index < -0.39 is 5.41 Å². The third-order valence-electron chi connectivity index (χ3n) is 6.70. The normalized spacial score (nSPS) is 18.0. The number of hydrogen-bond donors (Lipinski definition) is 0. The van der Waals surface area contributed by atoms with Gasteiger partial charge in [0.2, 0.25) is 0 Å². The molecule has 0 aromatic heterocycles. The number of nitrogens with zero attached hydrogens (tertiary/aromatic N) is 4. The van der Waals surface area contributed by atoms with Crippen LogP contribution in [0.1, 0.15) is 30.9 Å². The highest BCUT2D eigenvalue weighted by Crippen LogP contribution is 2.47. The molecule has 0 saturated heterocycles. The van der Waals surface area contributed by atoms with E-state index in [0.29, 0.717) is 0 Å². The van der Waals surface area contributed by atoms with Crippen molar-refractivity contribution < 1.29 is 4.79 Å². The van der Waals surface area contributed by atoms with Gasteiger partial charge >= 0.3 is 0 Å². The summed E-state index contributed by atoms with van der Waals surface area (Å²) in [4.78, 5) is 18.1. The summed E-state index contributed by atoms with van der Waals surface area (Å²) in [5, 5.41) is 6.30. The van der Waals surface area contributed by atoms with Gasteiger partial charge in [-0.1, -0.05) is 42.5 Å². The number of para-hydroxylation sites is 1. The predicted molar refractivity (Wildman–Crippen MR) is 139 cm³/mol. The largest absolute Gasteiger partial charge is 0.378 e. The van der Waals surface area contributed by atoms with Gasteiger partial charge in [-0.15, -0.1) is 0 Å². The van der Waals surface area contributed by atoms with E-state index in [1.54, 1.807) is 5.01 Å². The molecule has 0 N–H and O–H groups in total. The Morgan fingerprint density at radius 3 is 1.64 bits per heavy atom. The molecule has 0 spiro atoms. The summed E-state index contributed by atoms with van der Waals surface area (Å²) in [6, 6.07) is 26.6. The number of hydrogen-bond acceptors (Lipinski definition) is 4. The molecule has 1 unspecified atom stereocenters. The Hall–Kier alpha value is -3.60. The summed E-state index contributed by atoms with van der Waals surface area (Å²) in [6.07, 6.45) is 0. The Morgan fingerprint density at radius 2 is 1.21 bits per heavy atom. The topological polar surface area (TPSA) is 39.2 Å². The third kappa shape index (κ3) is 3.99. The Kier molecular flexibility index (Phi) is 5.98. The first-order chi connectivity index (χ1) is 15.7. The lowest BCUT2D eigenvalue weighted by Gasteiger charge is -2.34. The van der Waals surface area contributed by atoms with Gasteiger partial charge in [0.05, 0.1) is 16.8 Å². The highest BCUT2D eigenvalue weighted by molar-refractivity contribution is 6.19. The maximum absolute atomic E-state index is 14.0. The van der Waals surface area contributed by atoms with Crippen molar-refractivity contribution in [3.8, 4) is 0 Å². The van der Waals surface area contributed by atoms with Crippen LogP contribution in [0.15, 0.2) is 84.0 Å². The number of hydrazone groups is 1. The number of carbonyl (C=O) groups is 1. The molecule has 0 fully saturated rings. The minimum Gasteiger partial charge on any atom is -0.378 e. The van der Waals surface area contributed by atoms with Crippen molar-refractivity contribution in [1.82, 2.24) is 0 Å². The molecule has 33 heavy (non-hydrogen) atoms. The molecule has 170 valence electrons. The molecule has 0 bridgehead atoms. The quantitative estimate of drug-likeness (QED) is 0.517. The van der Waals surface area contributed by atoms with Crippen molar-refractivity contribution in [2.45, 2.75) is 19.8 Å². The Morgan fingerprint density at radius 1 is 0.758 bits per heavy atom. The summed E-state index contributed by atoms with van der Waals surface area (Å²) >= 11 is 0. The molecule has 0 saturated carbocycles. The Labute approximate surface area is 196 Å². The van der Waals surface area contributed by atoms with Gasteiger partial charge in [-0.05, 0) is 61.4 Å². The number of anilines is 3. The molecule has 0 aliphatic carbocycles. The van der Waals surface area contributed by atoms with Gasteiger partial charge in [0.15, 0.2) is 0 Å². The van der Waals surface area contributed by atoms with Crippen molar-refractivity contribution in [3.63, 3.8) is 0 Å². The van der Waals surface area contributed by atoms with Crippen LogP contribution in [0.5, 0.6) is 0 Å². The van der Waals surface area contributed by atoms with Crippen LogP contribution in [0.4, 0.5) is 17.1 Å². The van der Waals surface area contributed by atoms with E-state index in [0.717, 1.165) is 33.9 Å². The van der Waals surface area contributed by atoms with E-state index in [9.17, 15) is 4.79 Å². The highest BCUT2D eigenvalue weighted by atomic mass is 16.2. The highest BCUT2D eigenvalue weighted by Gasteiger charge is 2.52. The lowest BCUT2D eigenvalue weighted by atomic mass is 9.67. The second kappa shape index (κ2) is 8.74. The van der Waals surface area contributed by atoms with Gasteiger partial charge in [-0.25, -0.2) is 0 Å². The van der Waals surface area contributed by atoms with E-state index >= 15 is 0 Å². The van der Waals surface area contributed by atoms with E-state index in [-0.39, 0.29) is 11.8 Å². The fraction of sp³-hybridized carbons (Fsp3) is 0.286. The summed E-state index contributed by atoms with van der Waals surface area (Å²) < 4.78 is 0. The first-order valence-corrected chi connectivity index (χ1v) is 11.2. The van der Waals surface area contributed by atoms with Crippen molar-refractivity contribution in [3.05, 3.63) is 90.0 Å². The van der Waals surface area contributed by atoms with Gasteiger partial charge in [0.25, 0.3) is 5.91 Å². The molecule has 4 rings (SSSR count). The average Bonchev–Trinajstić information content (AvgIpc) is 3.05. The third-order valence-corrected chi connectivity index (χ3v) is 6.70. The summed E-state index contributed by atoms with van der Waals surface area (Å²) in [5.41, 5.74) is 5.23. The monoisotopic (exact) mass is 440 g/mol. The number of benzene rings is 3. The van der Waals surface area contributed by atoms with Gasteiger partial charge in [-0.3, -0.25) is 4.79 Å². The number of rotatable bonds is 6.